The molecule has 0 aromatic heterocycles. The molecule has 0 saturated carbocycles. The largest absolute Gasteiger partial charge is 0.368 e. The first-order valence-electron chi connectivity index (χ1n) is 5.79. The lowest BCUT2D eigenvalue weighted by molar-refractivity contribution is -0.119. The summed E-state index contributed by atoms with van der Waals surface area (Å²) in [4.78, 5) is 12.3. The fraction of sp³-hybridized carbons (Fsp3) is 0.214. The van der Waals surface area contributed by atoms with Crippen molar-refractivity contribution in [3.8, 4) is 0 Å². The predicted molar refractivity (Wildman–Crippen MR) is 76.7 cm³/mol. The average Bonchev–Trinajstić information content (AvgIpc) is 2.39. The first-order chi connectivity index (χ1) is 8.70. The quantitative estimate of drug-likeness (QED) is 0.809. The van der Waals surface area contributed by atoms with E-state index in [1.54, 1.807) is 18.8 Å². The summed E-state index contributed by atoms with van der Waals surface area (Å²) in [6.07, 6.45) is 0. The zero-order chi connectivity index (χ0) is 13.0. The number of rotatable bonds is 5. The Kier molecular flexibility index (Phi) is 4.23. The fourth-order valence-corrected chi connectivity index (χ4v) is 2.81. The normalized spacial score (nSPS) is 12.5. The molecule has 2 rings (SSSR count). The van der Waals surface area contributed by atoms with E-state index in [0.29, 0.717) is 5.75 Å². The van der Waals surface area contributed by atoms with Gasteiger partial charge in [-0.25, -0.2) is 0 Å². The number of amides is 1. The van der Waals surface area contributed by atoms with Crippen LogP contribution in [0.5, 0.6) is 0 Å². The van der Waals surface area contributed by atoms with E-state index in [4.69, 9.17) is 5.73 Å². The number of carbonyl (C=O) groups excluding carboxylic acids is 1. The third-order valence-electron chi connectivity index (χ3n) is 2.83. The highest BCUT2D eigenvalue weighted by Crippen LogP contribution is 2.24. The Bertz CT molecular complexity index is 556. The van der Waals surface area contributed by atoms with Crippen LogP contribution in [0.15, 0.2) is 47.4 Å². The summed E-state index contributed by atoms with van der Waals surface area (Å²) >= 11 is 1.63. The molecule has 3 N–H and O–H groups in total. The molecule has 1 amide bonds. The highest BCUT2D eigenvalue weighted by molar-refractivity contribution is 7.99. The minimum absolute atomic E-state index is 0.290. The van der Waals surface area contributed by atoms with Crippen LogP contribution in [-0.4, -0.2) is 24.7 Å². The molecule has 0 aliphatic heterocycles. The molecule has 2 aromatic rings. The standard InChI is InChI=1S/C14H16N2OS/c1-16-13(14(15)17)9-18-12-7-6-10-4-2-3-5-11(10)8-12/h2-8,13,16H,9H2,1H3,(H2,15,17). The number of benzene rings is 2. The molecule has 18 heavy (non-hydrogen) atoms. The van der Waals surface area contributed by atoms with Crippen molar-refractivity contribution in [1.29, 1.82) is 0 Å². The average molecular weight is 260 g/mol. The topological polar surface area (TPSA) is 55.1 Å². The molecule has 0 radical (unpaired) electrons. The Morgan fingerprint density at radius 1 is 1.28 bits per heavy atom. The van der Waals surface area contributed by atoms with Gasteiger partial charge in [0.2, 0.25) is 5.91 Å². The molecule has 1 atom stereocenters. The zero-order valence-electron chi connectivity index (χ0n) is 10.2. The van der Waals surface area contributed by atoms with Crippen molar-refractivity contribution in [2.75, 3.05) is 12.8 Å². The summed E-state index contributed by atoms with van der Waals surface area (Å²) in [5.41, 5.74) is 5.29. The molecule has 2 aromatic carbocycles. The highest BCUT2D eigenvalue weighted by atomic mass is 32.2. The number of thioether (sulfide) groups is 1. The molecule has 94 valence electrons. The van der Waals surface area contributed by atoms with Crippen LogP contribution in [0.2, 0.25) is 0 Å². The lowest BCUT2D eigenvalue weighted by Crippen LogP contribution is -2.41. The summed E-state index contributed by atoms with van der Waals surface area (Å²) in [5, 5.41) is 5.35. The van der Waals surface area contributed by atoms with Crippen molar-refractivity contribution in [1.82, 2.24) is 5.32 Å². The number of nitrogens with one attached hydrogen (secondary N) is 1. The maximum Gasteiger partial charge on any atom is 0.235 e. The van der Waals surface area contributed by atoms with E-state index >= 15 is 0 Å². The van der Waals surface area contributed by atoms with Crippen molar-refractivity contribution in [2.45, 2.75) is 10.9 Å². The summed E-state index contributed by atoms with van der Waals surface area (Å²) in [7, 11) is 1.75. The lowest BCUT2D eigenvalue weighted by Gasteiger charge is -2.11. The van der Waals surface area contributed by atoms with Gasteiger partial charge < -0.3 is 11.1 Å². The SMILES string of the molecule is CNC(CSc1ccc2ccccc2c1)C(N)=O. The summed E-state index contributed by atoms with van der Waals surface area (Å²) in [5.74, 6) is 0.329. The van der Waals surface area contributed by atoms with Crippen molar-refractivity contribution in [3.63, 3.8) is 0 Å². The summed E-state index contributed by atoms with van der Waals surface area (Å²) in [6.45, 7) is 0. The summed E-state index contributed by atoms with van der Waals surface area (Å²) in [6, 6.07) is 14.2. The van der Waals surface area contributed by atoms with Crippen molar-refractivity contribution in [2.24, 2.45) is 5.73 Å². The van der Waals surface area contributed by atoms with Gasteiger partial charge in [0.15, 0.2) is 0 Å². The molecule has 0 aliphatic carbocycles. The number of hydrogen-bond acceptors (Lipinski definition) is 3. The monoisotopic (exact) mass is 260 g/mol. The molecular formula is C14H16N2OS. The van der Waals surface area contributed by atoms with Crippen LogP contribution in [0.3, 0.4) is 0 Å². The number of hydrogen-bond donors (Lipinski definition) is 2. The van der Waals surface area contributed by atoms with Gasteiger partial charge in [-0.2, -0.15) is 0 Å². The van der Waals surface area contributed by atoms with Gasteiger partial charge in [-0.3, -0.25) is 4.79 Å². The van der Waals surface area contributed by atoms with Gasteiger partial charge in [0.1, 0.15) is 0 Å². The van der Waals surface area contributed by atoms with Gasteiger partial charge in [-0.05, 0) is 30.0 Å². The molecule has 3 nitrogen and oxygen atoms in total. The van der Waals surface area contributed by atoms with Gasteiger partial charge in [-0.1, -0.05) is 30.3 Å². The first-order valence-corrected chi connectivity index (χ1v) is 6.77. The van der Waals surface area contributed by atoms with Gasteiger partial charge in [0.05, 0.1) is 6.04 Å². The number of primary amides is 1. The third kappa shape index (κ3) is 3.03. The van der Waals surface area contributed by atoms with Crippen LogP contribution in [0, 0.1) is 0 Å². The van der Waals surface area contributed by atoms with Crippen LogP contribution < -0.4 is 11.1 Å². The number of likely N-dealkylation sites (N-methyl/N-ethyl adjacent to an activating group) is 1. The first kappa shape index (κ1) is 12.9. The van der Waals surface area contributed by atoms with E-state index in [1.165, 1.54) is 10.8 Å². The van der Waals surface area contributed by atoms with E-state index in [2.05, 4.69) is 35.6 Å². The maximum atomic E-state index is 11.1. The molecule has 0 bridgehead atoms. The van der Waals surface area contributed by atoms with E-state index in [1.807, 2.05) is 12.1 Å². The summed E-state index contributed by atoms with van der Waals surface area (Å²) < 4.78 is 0. The molecule has 4 heteroatoms. The third-order valence-corrected chi connectivity index (χ3v) is 3.92. The molecule has 0 fully saturated rings. The van der Waals surface area contributed by atoms with Crippen LogP contribution in [0.1, 0.15) is 0 Å². The van der Waals surface area contributed by atoms with Crippen molar-refractivity contribution < 1.29 is 4.79 Å². The second-order valence-corrected chi connectivity index (χ2v) is 5.16. The maximum absolute atomic E-state index is 11.1. The van der Waals surface area contributed by atoms with Gasteiger partial charge in [-0.15, -0.1) is 11.8 Å². The fourth-order valence-electron chi connectivity index (χ4n) is 1.74. The van der Waals surface area contributed by atoms with Crippen LogP contribution in [0.25, 0.3) is 10.8 Å². The molecule has 0 heterocycles. The van der Waals surface area contributed by atoms with Crippen molar-refractivity contribution >= 4 is 28.4 Å². The van der Waals surface area contributed by atoms with Crippen LogP contribution in [-0.2, 0) is 4.79 Å². The van der Waals surface area contributed by atoms with Crippen LogP contribution in [0.4, 0.5) is 0 Å². The Hall–Kier alpha value is -1.52. The van der Waals surface area contributed by atoms with E-state index in [-0.39, 0.29) is 11.9 Å². The minimum atomic E-state index is -0.314. The highest BCUT2D eigenvalue weighted by Gasteiger charge is 2.12. The zero-order valence-corrected chi connectivity index (χ0v) is 11.0. The van der Waals surface area contributed by atoms with E-state index < -0.39 is 0 Å². The van der Waals surface area contributed by atoms with Gasteiger partial charge in [0.25, 0.3) is 0 Å². The van der Waals surface area contributed by atoms with E-state index in [0.717, 1.165) is 4.90 Å². The smallest absolute Gasteiger partial charge is 0.235 e. The molecule has 0 saturated heterocycles. The van der Waals surface area contributed by atoms with Gasteiger partial charge in [0, 0.05) is 10.6 Å². The Balaban J connectivity index is 2.10. The predicted octanol–water partition coefficient (Wildman–Crippen LogP) is 2.01. The second-order valence-electron chi connectivity index (χ2n) is 4.06. The molecule has 0 spiro atoms. The van der Waals surface area contributed by atoms with Gasteiger partial charge >= 0.3 is 0 Å². The molecule has 1 unspecified atom stereocenters. The number of carbonyl (C=O) groups is 1. The molecular weight excluding hydrogens is 244 g/mol. The number of fused-ring (bicyclic) bond motifs is 1. The van der Waals surface area contributed by atoms with Crippen molar-refractivity contribution in [3.05, 3.63) is 42.5 Å². The minimum Gasteiger partial charge on any atom is -0.368 e. The van der Waals surface area contributed by atoms with Crippen LogP contribution >= 0.6 is 11.8 Å². The number of nitrogens with two attached hydrogens (primary N) is 1. The Morgan fingerprint density at radius 2 is 2.00 bits per heavy atom. The van der Waals surface area contributed by atoms with E-state index in [9.17, 15) is 4.79 Å². The molecule has 0 aliphatic rings. The Morgan fingerprint density at radius 3 is 2.67 bits per heavy atom. The Labute approximate surface area is 111 Å². The second kappa shape index (κ2) is 5.89. The lowest BCUT2D eigenvalue weighted by atomic mass is 10.1.